The van der Waals surface area contributed by atoms with Gasteiger partial charge in [-0.1, -0.05) is 18.2 Å². The molecule has 5 heteroatoms. The van der Waals surface area contributed by atoms with Gasteiger partial charge in [0.2, 0.25) is 0 Å². The third-order valence-corrected chi connectivity index (χ3v) is 3.14. The molecule has 0 saturated carbocycles. The first kappa shape index (κ1) is 12.6. The zero-order valence-corrected chi connectivity index (χ0v) is 10.1. The number of nitrogens with zero attached hydrogens (tertiary/aromatic N) is 1. The smallest absolute Gasteiger partial charge is 0.316 e. The van der Waals surface area contributed by atoms with Gasteiger partial charge in [0.15, 0.2) is 0 Å². The predicted octanol–water partition coefficient (Wildman–Crippen LogP) is 0.257. The van der Waals surface area contributed by atoms with E-state index >= 15 is 0 Å². The summed E-state index contributed by atoms with van der Waals surface area (Å²) in [6.07, 6.45) is 1.65. The van der Waals surface area contributed by atoms with Gasteiger partial charge < -0.3 is 16.0 Å². The lowest BCUT2D eigenvalue weighted by atomic mass is 10.0. The average molecular weight is 247 g/mol. The molecule has 0 atom stereocenters. The molecule has 0 aliphatic carbocycles. The van der Waals surface area contributed by atoms with Crippen LogP contribution in [-0.2, 0) is 9.59 Å². The Kier molecular flexibility index (Phi) is 3.94. The van der Waals surface area contributed by atoms with E-state index in [0.717, 1.165) is 31.6 Å². The van der Waals surface area contributed by atoms with E-state index in [9.17, 15) is 9.59 Å². The number of piperidine rings is 1. The molecule has 18 heavy (non-hydrogen) atoms. The predicted molar refractivity (Wildman–Crippen MR) is 69.0 cm³/mol. The van der Waals surface area contributed by atoms with E-state index in [1.165, 1.54) is 4.90 Å². The van der Waals surface area contributed by atoms with Crippen molar-refractivity contribution in [2.75, 3.05) is 18.0 Å². The third kappa shape index (κ3) is 2.68. The highest BCUT2D eigenvalue weighted by atomic mass is 16.2. The maximum absolute atomic E-state index is 12.0. The molecule has 0 radical (unpaired) electrons. The van der Waals surface area contributed by atoms with E-state index in [1.54, 1.807) is 0 Å². The Morgan fingerprint density at radius 1 is 1.17 bits per heavy atom. The Labute approximate surface area is 106 Å². The van der Waals surface area contributed by atoms with Crippen LogP contribution in [0.15, 0.2) is 30.3 Å². The molecule has 1 fully saturated rings. The van der Waals surface area contributed by atoms with Crippen molar-refractivity contribution in [3.8, 4) is 0 Å². The number of rotatable bonds is 2. The Bertz CT molecular complexity index is 427. The molecule has 5 nitrogen and oxygen atoms in total. The van der Waals surface area contributed by atoms with E-state index in [1.807, 2.05) is 30.3 Å². The summed E-state index contributed by atoms with van der Waals surface area (Å²) in [5, 5.41) is 3.24. The quantitative estimate of drug-likeness (QED) is 0.736. The fraction of sp³-hybridized carbons (Fsp3) is 0.385. The largest absolute Gasteiger partial charge is 0.361 e. The molecule has 0 aromatic heterocycles. The number of para-hydroxylation sites is 1. The fourth-order valence-electron chi connectivity index (χ4n) is 2.27. The fourth-order valence-corrected chi connectivity index (χ4v) is 2.27. The minimum absolute atomic E-state index is 0.0358. The van der Waals surface area contributed by atoms with Crippen LogP contribution in [0.1, 0.15) is 12.8 Å². The highest BCUT2D eigenvalue weighted by Gasteiger charge is 2.29. The second-order valence-electron chi connectivity index (χ2n) is 4.36. The van der Waals surface area contributed by atoms with Crippen molar-refractivity contribution in [1.82, 2.24) is 5.32 Å². The van der Waals surface area contributed by atoms with Crippen molar-refractivity contribution in [2.24, 2.45) is 5.73 Å². The maximum Gasteiger partial charge on any atom is 0.316 e. The second kappa shape index (κ2) is 5.64. The van der Waals surface area contributed by atoms with Crippen molar-refractivity contribution in [3.05, 3.63) is 30.3 Å². The van der Waals surface area contributed by atoms with Crippen LogP contribution in [0.2, 0.25) is 0 Å². The Morgan fingerprint density at radius 3 is 2.33 bits per heavy atom. The van der Waals surface area contributed by atoms with E-state index < -0.39 is 11.8 Å². The Balaban J connectivity index is 2.28. The summed E-state index contributed by atoms with van der Waals surface area (Å²) in [4.78, 5) is 24.7. The molecular weight excluding hydrogens is 230 g/mol. The minimum atomic E-state index is -0.905. The first-order valence-electron chi connectivity index (χ1n) is 6.09. The normalized spacial score (nSPS) is 16.2. The first-order chi connectivity index (χ1) is 8.70. The van der Waals surface area contributed by atoms with Crippen molar-refractivity contribution in [1.29, 1.82) is 0 Å². The first-order valence-corrected chi connectivity index (χ1v) is 6.09. The van der Waals surface area contributed by atoms with Crippen LogP contribution in [-0.4, -0.2) is 30.9 Å². The number of hydrogen-bond donors (Lipinski definition) is 2. The lowest BCUT2D eigenvalue weighted by Gasteiger charge is -2.33. The zero-order valence-electron chi connectivity index (χ0n) is 10.1. The molecular formula is C13H17N3O2. The third-order valence-electron chi connectivity index (χ3n) is 3.14. The van der Waals surface area contributed by atoms with E-state index in [0.29, 0.717) is 0 Å². The van der Waals surface area contributed by atoms with Crippen molar-refractivity contribution >= 4 is 17.5 Å². The maximum atomic E-state index is 12.0. The van der Waals surface area contributed by atoms with Crippen molar-refractivity contribution < 1.29 is 9.59 Å². The standard InChI is InChI=1S/C13H17N3O2/c14-12(17)13(18)16(10-4-2-1-3-5-10)11-6-8-15-9-7-11/h1-5,11,15H,6-9H2,(H2,14,17). The molecule has 1 aromatic rings. The van der Waals surface area contributed by atoms with Gasteiger partial charge in [-0.05, 0) is 38.1 Å². The van der Waals surface area contributed by atoms with Crippen LogP contribution in [0, 0.1) is 0 Å². The molecule has 1 saturated heterocycles. The van der Waals surface area contributed by atoms with E-state index in [-0.39, 0.29) is 6.04 Å². The summed E-state index contributed by atoms with van der Waals surface area (Å²) in [5.41, 5.74) is 5.86. The molecule has 2 rings (SSSR count). The number of carbonyl (C=O) groups is 2. The number of amides is 2. The van der Waals surface area contributed by atoms with Gasteiger partial charge in [-0.2, -0.15) is 0 Å². The van der Waals surface area contributed by atoms with Gasteiger partial charge in [-0.25, -0.2) is 0 Å². The molecule has 3 N–H and O–H groups in total. The van der Waals surface area contributed by atoms with Gasteiger partial charge in [-0.15, -0.1) is 0 Å². The molecule has 1 aromatic carbocycles. The summed E-state index contributed by atoms with van der Waals surface area (Å²) in [6, 6.07) is 9.24. The van der Waals surface area contributed by atoms with Crippen molar-refractivity contribution in [2.45, 2.75) is 18.9 Å². The number of primary amides is 1. The van der Waals surface area contributed by atoms with Crippen LogP contribution in [0.3, 0.4) is 0 Å². The molecule has 0 bridgehead atoms. The lowest BCUT2D eigenvalue weighted by Crippen LogP contribution is -2.50. The highest BCUT2D eigenvalue weighted by Crippen LogP contribution is 2.21. The SMILES string of the molecule is NC(=O)C(=O)N(c1ccccc1)C1CCNCC1. The summed E-state index contributed by atoms with van der Waals surface area (Å²) >= 11 is 0. The van der Waals surface area contributed by atoms with Crippen LogP contribution >= 0.6 is 0 Å². The Hall–Kier alpha value is -1.88. The topological polar surface area (TPSA) is 75.4 Å². The number of nitrogens with one attached hydrogen (secondary N) is 1. The van der Waals surface area contributed by atoms with Gasteiger partial charge >= 0.3 is 11.8 Å². The molecule has 0 unspecified atom stereocenters. The summed E-state index contributed by atoms with van der Waals surface area (Å²) in [7, 11) is 0. The molecule has 1 aliphatic heterocycles. The van der Waals surface area contributed by atoms with Crippen LogP contribution in [0.4, 0.5) is 5.69 Å². The highest BCUT2D eigenvalue weighted by molar-refractivity contribution is 6.40. The van der Waals surface area contributed by atoms with Crippen LogP contribution in [0.25, 0.3) is 0 Å². The zero-order chi connectivity index (χ0) is 13.0. The van der Waals surface area contributed by atoms with Gasteiger partial charge in [0.1, 0.15) is 0 Å². The molecule has 2 amide bonds. The molecule has 0 spiro atoms. The summed E-state index contributed by atoms with van der Waals surface area (Å²) in [5.74, 6) is -1.54. The average Bonchev–Trinajstić information content (AvgIpc) is 2.41. The van der Waals surface area contributed by atoms with Gasteiger partial charge in [-0.3, -0.25) is 9.59 Å². The number of hydrogen-bond acceptors (Lipinski definition) is 3. The molecule has 96 valence electrons. The number of nitrogens with two attached hydrogens (primary N) is 1. The monoisotopic (exact) mass is 247 g/mol. The van der Waals surface area contributed by atoms with Crippen LogP contribution in [0.5, 0.6) is 0 Å². The Morgan fingerprint density at radius 2 is 1.78 bits per heavy atom. The van der Waals surface area contributed by atoms with E-state index in [2.05, 4.69) is 5.32 Å². The van der Waals surface area contributed by atoms with Gasteiger partial charge in [0.25, 0.3) is 0 Å². The number of benzene rings is 1. The summed E-state index contributed by atoms with van der Waals surface area (Å²) < 4.78 is 0. The van der Waals surface area contributed by atoms with E-state index in [4.69, 9.17) is 5.73 Å². The molecule has 1 heterocycles. The van der Waals surface area contributed by atoms with Crippen molar-refractivity contribution in [3.63, 3.8) is 0 Å². The molecule has 1 aliphatic rings. The second-order valence-corrected chi connectivity index (χ2v) is 4.36. The number of carbonyl (C=O) groups excluding carboxylic acids is 2. The summed E-state index contributed by atoms with van der Waals surface area (Å²) in [6.45, 7) is 1.69. The minimum Gasteiger partial charge on any atom is -0.361 e. The van der Waals surface area contributed by atoms with Gasteiger partial charge in [0, 0.05) is 11.7 Å². The van der Waals surface area contributed by atoms with Crippen LogP contribution < -0.4 is 16.0 Å². The number of anilines is 1. The van der Waals surface area contributed by atoms with Gasteiger partial charge in [0.05, 0.1) is 0 Å². The lowest BCUT2D eigenvalue weighted by molar-refractivity contribution is -0.136.